The number of rotatable bonds is 9. The van der Waals surface area contributed by atoms with Crippen molar-refractivity contribution in [2.45, 2.75) is 19.3 Å². The normalized spacial score (nSPS) is 11.0. The third-order valence-electron chi connectivity index (χ3n) is 4.73. The Morgan fingerprint density at radius 1 is 1.15 bits per heavy atom. The van der Waals surface area contributed by atoms with Gasteiger partial charge in [-0.1, -0.05) is 30.3 Å². The van der Waals surface area contributed by atoms with Gasteiger partial charge in [0.15, 0.2) is 0 Å². The third-order valence-corrected chi connectivity index (χ3v) is 4.73. The van der Waals surface area contributed by atoms with Crippen LogP contribution in [0.1, 0.15) is 17.5 Å². The van der Waals surface area contributed by atoms with Gasteiger partial charge in [-0.15, -0.1) is 0 Å². The molecule has 0 unspecified atom stereocenters. The van der Waals surface area contributed by atoms with Gasteiger partial charge in [0.05, 0.1) is 13.0 Å². The number of nitrogens with one attached hydrogen (secondary N) is 1. The number of methoxy groups -OCH3 is 1. The maximum absolute atomic E-state index is 13.6. The van der Waals surface area contributed by atoms with Crippen molar-refractivity contribution in [3.63, 3.8) is 0 Å². The fourth-order valence-electron chi connectivity index (χ4n) is 3.25. The number of aromatic amines is 1. The Hall–Kier alpha value is -2.66. The molecular formula is C22H25FN2O2. The molecule has 1 aromatic heterocycles. The Morgan fingerprint density at radius 3 is 2.74 bits per heavy atom. The first kappa shape index (κ1) is 19.1. The maximum atomic E-state index is 13.6. The Balaban J connectivity index is 1.64. The number of carbonyl (C=O) groups is 1. The Bertz CT molecular complexity index is 876. The molecule has 4 nitrogen and oxygen atoms in total. The number of aryl methyl sites for hydroxylation is 1. The van der Waals surface area contributed by atoms with Gasteiger partial charge >= 0.3 is 0 Å². The lowest BCUT2D eigenvalue weighted by molar-refractivity contribution is -0.131. The first-order chi connectivity index (χ1) is 13.2. The van der Waals surface area contributed by atoms with E-state index in [0.717, 1.165) is 29.3 Å². The fraction of sp³-hybridized carbons (Fsp3) is 0.318. The van der Waals surface area contributed by atoms with E-state index < -0.39 is 0 Å². The number of carbonyl (C=O) groups excluding carboxylic acids is 1. The first-order valence-corrected chi connectivity index (χ1v) is 9.23. The number of nitrogens with zero attached hydrogens (tertiary/aromatic N) is 1. The highest BCUT2D eigenvalue weighted by molar-refractivity contribution is 5.89. The van der Waals surface area contributed by atoms with E-state index in [9.17, 15) is 9.18 Å². The molecule has 3 rings (SSSR count). The second-order valence-corrected chi connectivity index (χ2v) is 6.64. The number of fused-ring (bicyclic) bond motifs is 1. The van der Waals surface area contributed by atoms with Crippen LogP contribution in [0.5, 0.6) is 0 Å². The van der Waals surface area contributed by atoms with Crippen molar-refractivity contribution in [2.24, 2.45) is 0 Å². The van der Waals surface area contributed by atoms with Crippen LogP contribution in [0.3, 0.4) is 0 Å². The van der Waals surface area contributed by atoms with Crippen molar-refractivity contribution in [1.29, 1.82) is 0 Å². The van der Waals surface area contributed by atoms with Crippen LogP contribution in [-0.4, -0.2) is 42.6 Å². The standard InChI is InChI=1S/C22H25FN2O2/c1-27-13-12-25(11-5-8-17-6-3-2-4-7-17)22(26)14-18-16-24-21-10-9-19(23)15-20(18)21/h2-4,6-7,9-10,15-16,24H,5,8,11-14H2,1H3. The summed E-state index contributed by atoms with van der Waals surface area (Å²) in [5.41, 5.74) is 2.93. The summed E-state index contributed by atoms with van der Waals surface area (Å²) < 4.78 is 18.7. The van der Waals surface area contributed by atoms with Gasteiger partial charge in [0.1, 0.15) is 5.82 Å². The van der Waals surface area contributed by atoms with Crippen molar-refractivity contribution in [1.82, 2.24) is 9.88 Å². The van der Waals surface area contributed by atoms with Crippen LogP contribution in [0.4, 0.5) is 4.39 Å². The molecule has 2 aromatic carbocycles. The van der Waals surface area contributed by atoms with Crippen molar-refractivity contribution < 1.29 is 13.9 Å². The molecule has 0 fully saturated rings. The fourth-order valence-corrected chi connectivity index (χ4v) is 3.25. The van der Waals surface area contributed by atoms with Gasteiger partial charge in [-0.05, 0) is 42.2 Å². The maximum Gasteiger partial charge on any atom is 0.227 e. The van der Waals surface area contributed by atoms with E-state index in [4.69, 9.17) is 4.74 Å². The van der Waals surface area contributed by atoms with Crippen LogP contribution in [0.25, 0.3) is 10.9 Å². The summed E-state index contributed by atoms with van der Waals surface area (Å²) in [5.74, 6) is -0.264. The highest BCUT2D eigenvalue weighted by atomic mass is 19.1. The van der Waals surface area contributed by atoms with E-state index >= 15 is 0 Å². The molecule has 0 saturated carbocycles. The quantitative estimate of drug-likeness (QED) is 0.621. The minimum atomic E-state index is -0.296. The lowest BCUT2D eigenvalue weighted by Crippen LogP contribution is -2.36. The zero-order valence-electron chi connectivity index (χ0n) is 15.6. The van der Waals surface area contributed by atoms with Crippen LogP contribution in [0.15, 0.2) is 54.7 Å². The van der Waals surface area contributed by atoms with Crippen LogP contribution < -0.4 is 0 Å². The second-order valence-electron chi connectivity index (χ2n) is 6.64. The van der Waals surface area contributed by atoms with Gasteiger partial charge in [0.2, 0.25) is 5.91 Å². The van der Waals surface area contributed by atoms with Crippen LogP contribution in [-0.2, 0) is 22.4 Å². The SMILES string of the molecule is COCCN(CCCc1ccccc1)C(=O)Cc1c[nH]c2ccc(F)cc12. The van der Waals surface area contributed by atoms with Gasteiger partial charge < -0.3 is 14.6 Å². The molecule has 0 radical (unpaired) electrons. The number of hydrogen-bond donors (Lipinski definition) is 1. The van der Waals surface area contributed by atoms with Crippen LogP contribution in [0, 0.1) is 5.82 Å². The Kier molecular flexibility index (Phi) is 6.60. The number of H-pyrrole nitrogens is 1. The number of benzene rings is 2. The summed E-state index contributed by atoms with van der Waals surface area (Å²) in [4.78, 5) is 17.8. The van der Waals surface area contributed by atoms with E-state index in [1.54, 1.807) is 19.4 Å². The summed E-state index contributed by atoms with van der Waals surface area (Å²) >= 11 is 0. The molecule has 142 valence electrons. The van der Waals surface area contributed by atoms with Gasteiger partial charge in [-0.3, -0.25) is 4.79 Å². The minimum Gasteiger partial charge on any atom is -0.383 e. The molecule has 1 heterocycles. The molecule has 5 heteroatoms. The predicted molar refractivity (Wildman–Crippen MR) is 105 cm³/mol. The molecule has 0 bridgehead atoms. The van der Waals surface area contributed by atoms with Crippen molar-refractivity contribution in [3.8, 4) is 0 Å². The molecule has 3 aromatic rings. The number of halogens is 1. The Morgan fingerprint density at radius 2 is 1.96 bits per heavy atom. The van der Waals surface area contributed by atoms with E-state index in [1.807, 2.05) is 23.1 Å². The molecule has 0 aliphatic heterocycles. The number of aromatic nitrogens is 1. The highest BCUT2D eigenvalue weighted by Gasteiger charge is 2.16. The minimum absolute atomic E-state index is 0.0327. The van der Waals surface area contributed by atoms with Crippen molar-refractivity contribution >= 4 is 16.8 Å². The molecule has 0 aliphatic rings. The molecular weight excluding hydrogens is 343 g/mol. The summed E-state index contributed by atoms with van der Waals surface area (Å²) in [6.07, 6.45) is 3.86. The molecule has 0 saturated heterocycles. The summed E-state index contributed by atoms with van der Waals surface area (Å²) in [6, 6.07) is 14.8. The number of amides is 1. The number of ether oxygens (including phenoxy) is 1. The smallest absolute Gasteiger partial charge is 0.227 e. The van der Waals surface area contributed by atoms with E-state index in [2.05, 4.69) is 17.1 Å². The molecule has 0 atom stereocenters. The largest absolute Gasteiger partial charge is 0.383 e. The Labute approximate surface area is 158 Å². The van der Waals surface area contributed by atoms with Gasteiger partial charge in [0, 0.05) is 37.3 Å². The predicted octanol–water partition coefficient (Wildman–Crippen LogP) is 3.96. The van der Waals surface area contributed by atoms with Crippen LogP contribution >= 0.6 is 0 Å². The highest BCUT2D eigenvalue weighted by Crippen LogP contribution is 2.20. The third kappa shape index (κ3) is 5.17. The molecule has 1 N–H and O–H groups in total. The van der Waals surface area contributed by atoms with E-state index in [-0.39, 0.29) is 18.1 Å². The summed E-state index contributed by atoms with van der Waals surface area (Å²) in [5, 5.41) is 0.763. The zero-order chi connectivity index (χ0) is 19.1. The van der Waals surface area contributed by atoms with Gasteiger partial charge in [0.25, 0.3) is 0 Å². The average Bonchev–Trinajstić information content (AvgIpc) is 3.07. The number of hydrogen-bond acceptors (Lipinski definition) is 2. The second kappa shape index (κ2) is 9.33. The van der Waals surface area contributed by atoms with E-state index in [0.29, 0.717) is 19.7 Å². The molecule has 27 heavy (non-hydrogen) atoms. The lowest BCUT2D eigenvalue weighted by Gasteiger charge is -2.22. The lowest BCUT2D eigenvalue weighted by atomic mass is 10.1. The zero-order valence-corrected chi connectivity index (χ0v) is 15.6. The average molecular weight is 368 g/mol. The van der Waals surface area contributed by atoms with Crippen molar-refractivity contribution in [3.05, 3.63) is 71.7 Å². The first-order valence-electron chi connectivity index (χ1n) is 9.23. The van der Waals surface area contributed by atoms with E-state index in [1.165, 1.54) is 17.7 Å². The molecule has 0 spiro atoms. The summed E-state index contributed by atoms with van der Waals surface area (Å²) in [6.45, 7) is 1.73. The monoisotopic (exact) mass is 368 g/mol. The van der Waals surface area contributed by atoms with Gasteiger partial charge in [-0.25, -0.2) is 4.39 Å². The summed E-state index contributed by atoms with van der Waals surface area (Å²) in [7, 11) is 1.63. The molecule has 0 aliphatic carbocycles. The van der Waals surface area contributed by atoms with Crippen molar-refractivity contribution in [2.75, 3.05) is 26.8 Å². The van der Waals surface area contributed by atoms with Gasteiger partial charge in [-0.2, -0.15) is 0 Å². The molecule has 1 amide bonds. The van der Waals surface area contributed by atoms with Crippen LogP contribution in [0.2, 0.25) is 0 Å². The topological polar surface area (TPSA) is 45.3 Å².